The summed E-state index contributed by atoms with van der Waals surface area (Å²) in [7, 11) is 0. The number of aromatic nitrogens is 4. The van der Waals surface area contributed by atoms with E-state index in [0.717, 1.165) is 22.5 Å². The van der Waals surface area contributed by atoms with Crippen molar-refractivity contribution in [2.75, 3.05) is 18.5 Å². The molecule has 0 aliphatic carbocycles. The zero-order valence-corrected chi connectivity index (χ0v) is 14.2. The van der Waals surface area contributed by atoms with Crippen molar-refractivity contribution in [1.29, 1.82) is 0 Å². The molecule has 0 fully saturated rings. The molecule has 0 bridgehead atoms. The molecule has 21 heavy (non-hydrogen) atoms. The van der Waals surface area contributed by atoms with E-state index in [0.29, 0.717) is 23.7 Å². The largest absolute Gasteiger partial charge is 0.463 e. The van der Waals surface area contributed by atoms with Crippen LogP contribution in [0.25, 0.3) is 0 Å². The molecular weight excluding hydrogens is 354 g/mol. The Morgan fingerprint density at radius 3 is 2.76 bits per heavy atom. The van der Waals surface area contributed by atoms with E-state index in [1.54, 1.807) is 6.20 Å². The second-order valence-electron chi connectivity index (χ2n) is 4.02. The Hall–Kier alpha value is -1.41. The maximum Gasteiger partial charge on any atom is 0.322 e. The van der Waals surface area contributed by atoms with Crippen LogP contribution >= 0.6 is 27.7 Å². The van der Waals surface area contributed by atoms with Crippen molar-refractivity contribution in [3.8, 4) is 6.01 Å². The standard InChI is InChI=1S/C13H16BrN5OS/c1-3-7-20-12-17-11(15-4-2)18-13(19-12)21-10-6-5-9(14)8-16-10/h5-6,8H,3-4,7H2,1-2H3,(H,15,17,18,19). The van der Waals surface area contributed by atoms with E-state index in [2.05, 4.69) is 41.2 Å². The third-order valence-corrected chi connectivity index (χ3v) is 3.55. The highest BCUT2D eigenvalue weighted by Crippen LogP contribution is 2.25. The van der Waals surface area contributed by atoms with E-state index < -0.39 is 0 Å². The maximum atomic E-state index is 5.50. The minimum absolute atomic E-state index is 0.336. The molecule has 2 aromatic rings. The van der Waals surface area contributed by atoms with Crippen LogP contribution in [0.1, 0.15) is 20.3 Å². The molecule has 0 aliphatic heterocycles. The minimum Gasteiger partial charge on any atom is -0.463 e. The topological polar surface area (TPSA) is 72.8 Å². The van der Waals surface area contributed by atoms with Crippen molar-refractivity contribution in [3.63, 3.8) is 0 Å². The summed E-state index contributed by atoms with van der Waals surface area (Å²) in [5.74, 6) is 0.512. The molecule has 0 radical (unpaired) electrons. The highest BCUT2D eigenvalue weighted by atomic mass is 79.9. The highest BCUT2D eigenvalue weighted by molar-refractivity contribution is 9.10. The first-order valence-electron chi connectivity index (χ1n) is 6.63. The Balaban J connectivity index is 2.19. The molecule has 0 saturated carbocycles. The van der Waals surface area contributed by atoms with Gasteiger partial charge in [0, 0.05) is 17.2 Å². The monoisotopic (exact) mass is 369 g/mol. The van der Waals surface area contributed by atoms with Gasteiger partial charge < -0.3 is 10.1 Å². The van der Waals surface area contributed by atoms with Crippen LogP contribution in [0.15, 0.2) is 33.0 Å². The van der Waals surface area contributed by atoms with Gasteiger partial charge >= 0.3 is 6.01 Å². The molecule has 0 atom stereocenters. The lowest BCUT2D eigenvalue weighted by Gasteiger charge is -2.07. The lowest BCUT2D eigenvalue weighted by atomic mass is 10.5. The summed E-state index contributed by atoms with van der Waals surface area (Å²) in [4.78, 5) is 17.2. The van der Waals surface area contributed by atoms with Crippen molar-refractivity contribution >= 4 is 33.6 Å². The molecule has 112 valence electrons. The van der Waals surface area contributed by atoms with Gasteiger partial charge in [-0.1, -0.05) is 6.92 Å². The average molecular weight is 370 g/mol. The molecule has 0 amide bonds. The molecule has 6 nitrogen and oxygen atoms in total. The summed E-state index contributed by atoms with van der Waals surface area (Å²) in [5, 5.41) is 4.45. The van der Waals surface area contributed by atoms with Crippen molar-refractivity contribution < 1.29 is 4.74 Å². The summed E-state index contributed by atoms with van der Waals surface area (Å²) in [6.45, 7) is 5.33. The Morgan fingerprint density at radius 2 is 2.10 bits per heavy atom. The van der Waals surface area contributed by atoms with Crippen LogP contribution in [-0.4, -0.2) is 33.1 Å². The number of pyridine rings is 1. The van der Waals surface area contributed by atoms with Gasteiger partial charge in [-0.3, -0.25) is 0 Å². The van der Waals surface area contributed by atoms with Gasteiger partial charge in [0.1, 0.15) is 5.03 Å². The molecule has 1 N–H and O–H groups in total. The number of ether oxygens (including phenoxy) is 1. The molecule has 2 rings (SSSR count). The van der Waals surface area contributed by atoms with Gasteiger partial charge in [0.15, 0.2) is 0 Å². The fourth-order valence-corrected chi connectivity index (χ4v) is 2.31. The van der Waals surface area contributed by atoms with Gasteiger partial charge in [-0.25, -0.2) is 4.98 Å². The first-order valence-corrected chi connectivity index (χ1v) is 8.24. The summed E-state index contributed by atoms with van der Waals surface area (Å²) in [6, 6.07) is 4.16. The van der Waals surface area contributed by atoms with Crippen LogP contribution in [0.3, 0.4) is 0 Å². The quantitative estimate of drug-likeness (QED) is 0.801. The third kappa shape index (κ3) is 5.13. The van der Waals surface area contributed by atoms with Crippen LogP contribution in [0.2, 0.25) is 0 Å². The van der Waals surface area contributed by atoms with E-state index in [9.17, 15) is 0 Å². The Morgan fingerprint density at radius 1 is 1.24 bits per heavy atom. The number of nitrogens with zero attached hydrogens (tertiary/aromatic N) is 4. The van der Waals surface area contributed by atoms with Crippen LogP contribution in [0.5, 0.6) is 6.01 Å². The van der Waals surface area contributed by atoms with E-state index in [1.165, 1.54) is 11.8 Å². The fraction of sp³-hybridized carbons (Fsp3) is 0.385. The Bertz CT molecular complexity index is 581. The smallest absolute Gasteiger partial charge is 0.322 e. The molecule has 8 heteroatoms. The molecular formula is C13H16BrN5OS. The van der Waals surface area contributed by atoms with Crippen LogP contribution in [0, 0.1) is 0 Å². The number of anilines is 1. The molecule has 0 spiro atoms. The molecule has 0 aromatic carbocycles. The summed E-state index contributed by atoms with van der Waals surface area (Å²) >= 11 is 4.73. The average Bonchev–Trinajstić information content (AvgIpc) is 2.48. The number of hydrogen-bond acceptors (Lipinski definition) is 7. The minimum atomic E-state index is 0.336. The van der Waals surface area contributed by atoms with Crippen molar-refractivity contribution in [2.24, 2.45) is 0 Å². The van der Waals surface area contributed by atoms with Crippen LogP contribution in [0.4, 0.5) is 5.95 Å². The Labute approximate surface area is 136 Å². The van der Waals surface area contributed by atoms with Gasteiger partial charge in [0.2, 0.25) is 11.1 Å². The summed E-state index contributed by atoms with van der Waals surface area (Å²) < 4.78 is 6.43. The van der Waals surface area contributed by atoms with E-state index in [-0.39, 0.29) is 0 Å². The van der Waals surface area contributed by atoms with E-state index in [1.807, 2.05) is 26.0 Å². The van der Waals surface area contributed by atoms with Crippen molar-refractivity contribution in [2.45, 2.75) is 30.5 Å². The maximum absolute atomic E-state index is 5.50. The number of halogens is 1. The predicted molar refractivity (Wildman–Crippen MR) is 85.8 cm³/mol. The van der Waals surface area contributed by atoms with Crippen molar-refractivity contribution in [1.82, 2.24) is 19.9 Å². The molecule has 2 aromatic heterocycles. The van der Waals surface area contributed by atoms with Gasteiger partial charge in [-0.2, -0.15) is 15.0 Å². The summed E-state index contributed by atoms with van der Waals surface area (Å²) in [6.07, 6.45) is 2.64. The number of rotatable bonds is 7. The number of hydrogen-bond donors (Lipinski definition) is 1. The van der Waals surface area contributed by atoms with Gasteiger partial charge in [0.25, 0.3) is 0 Å². The summed E-state index contributed by atoms with van der Waals surface area (Å²) in [5.41, 5.74) is 0. The highest BCUT2D eigenvalue weighted by Gasteiger charge is 2.09. The normalized spacial score (nSPS) is 10.4. The fourth-order valence-electron chi connectivity index (χ4n) is 1.39. The Kier molecular flexibility index (Phi) is 6.19. The van der Waals surface area contributed by atoms with Crippen molar-refractivity contribution in [3.05, 3.63) is 22.8 Å². The molecule has 2 heterocycles. The van der Waals surface area contributed by atoms with E-state index in [4.69, 9.17) is 4.74 Å². The first kappa shape index (κ1) is 16.0. The van der Waals surface area contributed by atoms with Gasteiger partial charge in [-0.15, -0.1) is 0 Å². The van der Waals surface area contributed by atoms with Crippen LogP contribution in [-0.2, 0) is 0 Å². The molecule has 0 saturated heterocycles. The third-order valence-electron chi connectivity index (χ3n) is 2.26. The lowest BCUT2D eigenvalue weighted by Crippen LogP contribution is -2.07. The zero-order chi connectivity index (χ0) is 15.1. The molecule has 0 unspecified atom stereocenters. The molecule has 0 aliphatic rings. The SMILES string of the molecule is CCCOc1nc(NCC)nc(Sc2ccc(Br)cn2)n1. The van der Waals surface area contributed by atoms with E-state index >= 15 is 0 Å². The van der Waals surface area contributed by atoms with Gasteiger partial charge in [-0.05, 0) is 53.2 Å². The second-order valence-corrected chi connectivity index (χ2v) is 5.92. The predicted octanol–water partition coefficient (Wildman–Crippen LogP) is 3.40. The number of nitrogens with one attached hydrogen (secondary N) is 1. The zero-order valence-electron chi connectivity index (χ0n) is 11.8. The van der Waals surface area contributed by atoms with Gasteiger partial charge in [0.05, 0.1) is 6.61 Å². The lowest BCUT2D eigenvalue weighted by molar-refractivity contribution is 0.288. The first-order chi connectivity index (χ1) is 10.2. The second kappa shape index (κ2) is 8.14. The van der Waals surface area contributed by atoms with Crippen LogP contribution < -0.4 is 10.1 Å².